The van der Waals surface area contributed by atoms with E-state index in [0.717, 1.165) is 39.3 Å². The molecule has 0 saturated heterocycles. The largest absolute Gasteiger partial charge is 0.355 e. The van der Waals surface area contributed by atoms with Gasteiger partial charge in [0.05, 0.1) is 11.0 Å². The molecule has 0 spiro atoms. The summed E-state index contributed by atoms with van der Waals surface area (Å²) in [6, 6.07) is 60.6. The smallest absolute Gasteiger partial charge is 0.0541 e. The highest BCUT2D eigenvalue weighted by atomic mass is 15.0. The topological polar surface area (TPSA) is 17.0 Å². The van der Waals surface area contributed by atoms with Crippen molar-refractivity contribution in [2.75, 3.05) is 5.32 Å². The van der Waals surface area contributed by atoms with Crippen LogP contribution in [0.25, 0.3) is 66.4 Å². The van der Waals surface area contributed by atoms with Crippen LogP contribution in [-0.4, -0.2) is 4.57 Å². The Labute approximate surface area is 313 Å². The highest BCUT2D eigenvalue weighted by molar-refractivity contribution is 6.10. The fourth-order valence-electron chi connectivity index (χ4n) is 6.92. The van der Waals surface area contributed by atoms with Crippen molar-refractivity contribution < 1.29 is 0 Å². The van der Waals surface area contributed by atoms with Crippen LogP contribution in [-0.2, 0) is 0 Å². The van der Waals surface area contributed by atoms with Gasteiger partial charge in [-0.25, -0.2) is 0 Å². The van der Waals surface area contributed by atoms with Gasteiger partial charge in [0.15, 0.2) is 0 Å². The van der Waals surface area contributed by atoms with Crippen LogP contribution >= 0.6 is 0 Å². The Morgan fingerprint density at radius 1 is 0.509 bits per heavy atom. The van der Waals surface area contributed by atoms with Crippen LogP contribution in [0.4, 0.5) is 11.4 Å². The minimum atomic E-state index is 0.938. The van der Waals surface area contributed by atoms with Crippen molar-refractivity contribution in [1.29, 1.82) is 0 Å². The van der Waals surface area contributed by atoms with Gasteiger partial charge in [-0.2, -0.15) is 0 Å². The Balaban J connectivity index is 0.00000214. The average Bonchev–Trinajstić information content (AvgIpc) is 3.56. The lowest BCUT2D eigenvalue weighted by Gasteiger charge is -2.16. The number of anilines is 2. The zero-order valence-corrected chi connectivity index (χ0v) is 30.6. The first-order valence-corrected chi connectivity index (χ1v) is 18.4. The molecule has 8 aromatic rings. The summed E-state index contributed by atoms with van der Waals surface area (Å²) in [6.45, 7) is 10.5. The molecule has 2 nitrogen and oxygen atoms in total. The van der Waals surface area contributed by atoms with Crippen LogP contribution in [0.5, 0.6) is 0 Å². The molecule has 0 radical (unpaired) electrons. The van der Waals surface area contributed by atoms with Crippen molar-refractivity contribution in [2.24, 2.45) is 0 Å². The van der Waals surface area contributed by atoms with E-state index in [1.807, 2.05) is 45.1 Å². The molecule has 8 rings (SSSR count). The van der Waals surface area contributed by atoms with Gasteiger partial charge in [-0.15, -0.1) is 0 Å². The maximum atomic E-state index is 4.49. The Bertz CT molecular complexity index is 2570. The van der Waals surface area contributed by atoms with E-state index in [4.69, 9.17) is 0 Å². The SMILES string of the molecule is C=C(/C=C\C=C/C)c1cc(-c2ccc3c(c2)c2ccccc2n3-c2cccc(-c3ccccc3)c2)ccc1Nc1cccc(-c2ccccc2)c1.CC. The third-order valence-corrected chi connectivity index (χ3v) is 9.43. The summed E-state index contributed by atoms with van der Waals surface area (Å²) in [5, 5.41) is 6.16. The van der Waals surface area contributed by atoms with E-state index in [-0.39, 0.29) is 0 Å². The van der Waals surface area contributed by atoms with E-state index >= 15 is 0 Å². The zero-order valence-electron chi connectivity index (χ0n) is 30.6. The van der Waals surface area contributed by atoms with Crippen molar-refractivity contribution in [3.05, 3.63) is 206 Å². The maximum absolute atomic E-state index is 4.49. The number of allylic oxidation sites excluding steroid dienone is 5. The molecule has 0 saturated carbocycles. The second kappa shape index (κ2) is 16.1. The van der Waals surface area contributed by atoms with Gasteiger partial charge in [-0.1, -0.05) is 160 Å². The lowest BCUT2D eigenvalue weighted by Crippen LogP contribution is -1.96. The first-order chi connectivity index (χ1) is 26.2. The van der Waals surface area contributed by atoms with E-state index in [2.05, 4.69) is 186 Å². The highest BCUT2D eigenvalue weighted by Gasteiger charge is 2.15. The van der Waals surface area contributed by atoms with Crippen LogP contribution in [0.1, 0.15) is 26.3 Å². The molecule has 53 heavy (non-hydrogen) atoms. The lowest BCUT2D eigenvalue weighted by molar-refractivity contribution is 1.18. The number of benzene rings is 7. The number of hydrogen-bond donors (Lipinski definition) is 1. The third-order valence-electron chi connectivity index (χ3n) is 9.43. The summed E-state index contributed by atoms with van der Waals surface area (Å²) < 4.78 is 2.39. The van der Waals surface area contributed by atoms with Gasteiger partial charge in [-0.3, -0.25) is 0 Å². The predicted octanol–water partition coefficient (Wildman–Crippen LogP) is 14.7. The van der Waals surface area contributed by atoms with Gasteiger partial charge >= 0.3 is 0 Å². The molecular weight excluding hydrogens is 641 g/mol. The molecule has 7 aromatic carbocycles. The molecule has 258 valence electrons. The van der Waals surface area contributed by atoms with Crippen molar-refractivity contribution in [1.82, 2.24) is 4.57 Å². The van der Waals surface area contributed by atoms with E-state index in [0.29, 0.717) is 0 Å². The second-order valence-corrected chi connectivity index (χ2v) is 12.7. The zero-order chi connectivity index (χ0) is 36.6. The second-order valence-electron chi connectivity index (χ2n) is 12.7. The summed E-state index contributed by atoms with van der Waals surface area (Å²) in [4.78, 5) is 0. The lowest BCUT2D eigenvalue weighted by atomic mass is 9.96. The normalized spacial score (nSPS) is 11.2. The Morgan fingerprint density at radius 2 is 1.09 bits per heavy atom. The van der Waals surface area contributed by atoms with Crippen LogP contribution < -0.4 is 5.32 Å². The molecular formula is C51H44N2. The van der Waals surface area contributed by atoms with Gasteiger partial charge in [0.2, 0.25) is 0 Å². The Kier molecular flexibility index (Phi) is 10.6. The van der Waals surface area contributed by atoms with Gasteiger partial charge < -0.3 is 9.88 Å². The average molecular weight is 685 g/mol. The van der Waals surface area contributed by atoms with Crippen molar-refractivity contribution in [3.8, 4) is 39.1 Å². The number of para-hydroxylation sites is 1. The quantitative estimate of drug-likeness (QED) is 0.150. The molecule has 1 N–H and O–H groups in total. The molecule has 0 bridgehead atoms. The predicted molar refractivity (Wildman–Crippen MR) is 231 cm³/mol. The fraction of sp³-hybridized carbons (Fsp3) is 0.0588. The molecule has 0 atom stereocenters. The fourth-order valence-corrected chi connectivity index (χ4v) is 6.92. The summed E-state index contributed by atoms with van der Waals surface area (Å²) in [5.74, 6) is 0. The Morgan fingerprint density at radius 3 is 1.83 bits per heavy atom. The van der Waals surface area contributed by atoms with Crippen LogP contribution in [0.2, 0.25) is 0 Å². The van der Waals surface area contributed by atoms with E-state index in [1.165, 1.54) is 44.1 Å². The number of rotatable bonds is 9. The van der Waals surface area contributed by atoms with Crippen molar-refractivity contribution >= 4 is 38.8 Å². The molecule has 0 unspecified atom stereocenters. The molecule has 0 aliphatic heterocycles. The third kappa shape index (κ3) is 7.40. The number of nitrogens with zero attached hydrogens (tertiary/aromatic N) is 1. The molecule has 1 aromatic heterocycles. The standard InChI is InChI=1S/C49H38N2.C2H6/c1-3-4-7-16-35(2)45-33-40(27-29-47(45)50-42-23-14-21-38(31-42)36-17-8-5-9-18-36)41-28-30-49-46(34-41)44-25-12-13-26-48(44)51(49)43-24-15-22-39(32-43)37-19-10-6-11-20-37;1-2/h3-34,50H,2H2,1H3;1-2H3/b4-3-,16-7-;. The van der Waals surface area contributed by atoms with Crippen molar-refractivity contribution in [2.45, 2.75) is 20.8 Å². The highest BCUT2D eigenvalue weighted by Crippen LogP contribution is 2.38. The van der Waals surface area contributed by atoms with Crippen molar-refractivity contribution in [3.63, 3.8) is 0 Å². The van der Waals surface area contributed by atoms with Gasteiger partial charge in [0.25, 0.3) is 0 Å². The number of nitrogens with one attached hydrogen (secondary N) is 1. The summed E-state index contributed by atoms with van der Waals surface area (Å²) >= 11 is 0. The minimum absolute atomic E-state index is 0.938. The molecule has 0 fully saturated rings. The minimum Gasteiger partial charge on any atom is -0.355 e. The van der Waals surface area contributed by atoms with Gasteiger partial charge in [0.1, 0.15) is 0 Å². The monoisotopic (exact) mass is 684 g/mol. The number of aromatic nitrogens is 1. The number of hydrogen-bond acceptors (Lipinski definition) is 1. The van der Waals surface area contributed by atoms with E-state index in [1.54, 1.807) is 0 Å². The van der Waals surface area contributed by atoms with Crippen LogP contribution in [0, 0.1) is 0 Å². The van der Waals surface area contributed by atoms with Crippen LogP contribution in [0.3, 0.4) is 0 Å². The van der Waals surface area contributed by atoms with E-state index < -0.39 is 0 Å². The van der Waals surface area contributed by atoms with Gasteiger partial charge in [-0.05, 0) is 100 Å². The van der Waals surface area contributed by atoms with E-state index in [9.17, 15) is 0 Å². The maximum Gasteiger partial charge on any atom is 0.0541 e. The first kappa shape index (κ1) is 34.8. The molecule has 0 aliphatic carbocycles. The number of fused-ring (bicyclic) bond motifs is 3. The summed E-state index contributed by atoms with van der Waals surface area (Å²) in [7, 11) is 0. The molecule has 1 heterocycles. The van der Waals surface area contributed by atoms with Crippen LogP contribution in [0.15, 0.2) is 201 Å². The summed E-state index contributed by atoms with van der Waals surface area (Å²) in [5.41, 5.74) is 14.6. The molecule has 0 amide bonds. The Hall–Kier alpha value is -6.64. The molecule has 0 aliphatic rings. The first-order valence-electron chi connectivity index (χ1n) is 18.4. The van der Waals surface area contributed by atoms with Gasteiger partial charge in [0, 0.05) is 33.4 Å². The summed E-state index contributed by atoms with van der Waals surface area (Å²) in [6.07, 6.45) is 8.18. The molecule has 2 heteroatoms.